The van der Waals surface area contributed by atoms with Crippen molar-refractivity contribution >= 4 is 0 Å². The smallest absolute Gasteiger partial charge is 0.0169 e. The molecular weight excluding hydrogens is 276 g/mol. The average molecular weight is 319 g/mol. The third kappa shape index (κ3) is 21.2. The topological polar surface area (TPSA) is 0 Å². The third-order valence-corrected chi connectivity index (χ3v) is 4.17. The van der Waals surface area contributed by atoms with Gasteiger partial charge >= 0.3 is 0 Å². The maximum Gasteiger partial charge on any atom is -0.0169 e. The van der Waals surface area contributed by atoms with Crippen LogP contribution < -0.4 is 0 Å². The molecule has 0 aromatic carbocycles. The molecule has 0 spiro atoms. The Morgan fingerprint density at radius 1 is 0.565 bits per heavy atom. The van der Waals surface area contributed by atoms with Crippen LogP contribution in [0.25, 0.3) is 0 Å². The molecule has 23 heavy (non-hydrogen) atoms. The Bertz CT molecular complexity index is 293. The van der Waals surface area contributed by atoms with Gasteiger partial charge in [-0.15, -0.1) is 0 Å². The van der Waals surface area contributed by atoms with Crippen LogP contribution in [0.15, 0.2) is 36.5 Å². The van der Waals surface area contributed by atoms with Gasteiger partial charge in [0.05, 0.1) is 0 Å². The molecule has 0 amide bonds. The highest BCUT2D eigenvalue weighted by Gasteiger charge is 1.93. The fourth-order valence-electron chi connectivity index (χ4n) is 2.64. The Kier molecular flexibility index (Phi) is 18.6. The molecule has 0 aliphatic heterocycles. The number of allylic oxidation sites excluding steroid dienone is 6. The van der Waals surface area contributed by atoms with Gasteiger partial charge in [-0.1, -0.05) is 102 Å². The zero-order valence-electron chi connectivity index (χ0n) is 16.2. The van der Waals surface area contributed by atoms with Crippen LogP contribution in [0.4, 0.5) is 0 Å². The molecule has 0 radical (unpaired) electrons. The van der Waals surface area contributed by atoms with Gasteiger partial charge in [-0.05, 0) is 44.4 Å². The van der Waals surface area contributed by atoms with Crippen LogP contribution in [0.5, 0.6) is 0 Å². The number of hydrogen-bond acceptors (Lipinski definition) is 0. The quantitative estimate of drug-likeness (QED) is 0.198. The maximum absolute atomic E-state index is 2.36. The van der Waals surface area contributed by atoms with Crippen LogP contribution in [-0.2, 0) is 0 Å². The summed E-state index contributed by atoms with van der Waals surface area (Å²) in [4.78, 5) is 0. The van der Waals surface area contributed by atoms with Crippen LogP contribution in [0.3, 0.4) is 0 Å². The van der Waals surface area contributed by atoms with Gasteiger partial charge < -0.3 is 0 Å². The van der Waals surface area contributed by atoms with Crippen molar-refractivity contribution in [2.75, 3.05) is 0 Å². The van der Waals surface area contributed by atoms with E-state index in [-0.39, 0.29) is 0 Å². The van der Waals surface area contributed by atoms with Crippen LogP contribution in [0, 0.1) is 5.92 Å². The van der Waals surface area contributed by atoms with Gasteiger partial charge in [0.2, 0.25) is 0 Å². The van der Waals surface area contributed by atoms with Crippen molar-refractivity contribution in [1.82, 2.24) is 0 Å². The van der Waals surface area contributed by atoms with Crippen molar-refractivity contribution < 1.29 is 0 Å². The van der Waals surface area contributed by atoms with E-state index >= 15 is 0 Å². The van der Waals surface area contributed by atoms with Crippen molar-refractivity contribution in [1.29, 1.82) is 0 Å². The average Bonchev–Trinajstić information content (AvgIpc) is 2.53. The molecule has 0 saturated carbocycles. The molecule has 0 heterocycles. The molecule has 0 atom stereocenters. The number of rotatable bonds is 16. The Morgan fingerprint density at radius 3 is 1.61 bits per heavy atom. The molecule has 0 aromatic rings. The third-order valence-electron chi connectivity index (χ3n) is 4.17. The predicted octanol–water partition coefficient (Wildman–Crippen LogP) is 8.40. The summed E-state index contributed by atoms with van der Waals surface area (Å²) >= 11 is 0. The van der Waals surface area contributed by atoms with Gasteiger partial charge in [-0.25, -0.2) is 0 Å². The van der Waals surface area contributed by atoms with Crippen LogP contribution in [0.1, 0.15) is 104 Å². The van der Waals surface area contributed by atoms with Crippen LogP contribution >= 0.6 is 0 Å². The molecule has 0 heteroatoms. The minimum Gasteiger partial charge on any atom is -0.0882 e. The summed E-state index contributed by atoms with van der Waals surface area (Å²) < 4.78 is 0. The van der Waals surface area contributed by atoms with Gasteiger partial charge in [0.1, 0.15) is 0 Å². The standard InChI is InChI=1S/C23H42/c1-4-5-6-7-8-9-10-11-12-13-14-15-16-17-18-19-20-21-22-23(2)3/h8-9,11-12,14-15,23H,4-7,10,13,16-22H2,1-3H3/b9-8-,12-11-,15-14-. The SMILES string of the molecule is CCCCC/C=C\C/C=C\C/C=C\CCCCCCCC(C)C. The van der Waals surface area contributed by atoms with E-state index in [2.05, 4.69) is 57.2 Å². The first-order chi connectivity index (χ1) is 11.3. The van der Waals surface area contributed by atoms with Gasteiger partial charge in [-0.3, -0.25) is 0 Å². The molecule has 0 unspecified atom stereocenters. The Morgan fingerprint density at radius 2 is 1.04 bits per heavy atom. The second-order valence-corrected chi connectivity index (χ2v) is 7.12. The minimum atomic E-state index is 0.877. The van der Waals surface area contributed by atoms with E-state index in [9.17, 15) is 0 Å². The Labute approximate surface area is 147 Å². The fourth-order valence-corrected chi connectivity index (χ4v) is 2.64. The molecule has 0 nitrogen and oxygen atoms in total. The zero-order valence-corrected chi connectivity index (χ0v) is 16.2. The summed E-state index contributed by atoms with van der Waals surface area (Å²) in [6.07, 6.45) is 31.1. The van der Waals surface area contributed by atoms with Crippen molar-refractivity contribution in [2.45, 2.75) is 104 Å². The molecule has 0 aliphatic rings. The highest BCUT2D eigenvalue weighted by Crippen LogP contribution is 2.11. The van der Waals surface area contributed by atoms with Crippen molar-refractivity contribution in [3.05, 3.63) is 36.5 Å². The second-order valence-electron chi connectivity index (χ2n) is 7.12. The molecule has 0 bridgehead atoms. The van der Waals surface area contributed by atoms with Gasteiger partial charge in [0, 0.05) is 0 Å². The molecule has 134 valence electrons. The largest absolute Gasteiger partial charge is 0.0882 e. The van der Waals surface area contributed by atoms with E-state index in [0.717, 1.165) is 18.8 Å². The summed E-state index contributed by atoms with van der Waals surface area (Å²) in [5.41, 5.74) is 0. The van der Waals surface area contributed by atoms with E-state index in [1.807, 2.05) is 0 Å². The molecule has 0 saturated heterocycles. The first kappa shape index (κ1) is 22.2. The van der Waals surface area contributed by atoms with Gasteiger partial charge in [0.15, 0.2) is 0 Å². The molecule has 0 aromatic heterocycles. The molecule has 0 fully saturated rings. The summed E-state index contributed by atoms with van der Waals surface area (Å²) in [5, 5.41) is 0. The normalized spacial score (nSPS) is 12.5. The predicted molar refractivity (Wildman–Crippen MR) is 108 cm³/mol. The fraction of sp³-hybridized carbons (Fsp3) is 0.739. The zero-order chi connectivity index (χ0) is 17.0. The maximum atomic E-state index is 2.36. The highest BCUT2D eigenvalue weighted by molar-refractivity contribution is 4.97. The first-order valence-electron chi connectivity index (χ1n) is 10.2. The first-order valence-corrected chi connectivity index (χ1v) is 10.2. The Hall–Kier alpha value is -0.780. The lowest BCUT2D eigenvalue weighted by atomic mass is 10.0. The Balaban J connectivity index is 3.26. The summed E-state index contributed by atoms with van der Waals surface area (Å²) in [6.45, 7) is 6.90. The molecule has 0 N–H and O–H groups in total. The lowest BCUT2D eigenvalue weighted by Gasteiger charge is -2.03. The lowest BCUT2D eigenvalue weighted by Crippen LogP contribution is -1.86. The second kappa shape index (κ2) is 19.3. The van der Waals surface area contributed by atoms with E-state index in [1.165, 1.54) is 70.6 Å². The van der Waals surface area contributed by atoms with Crippen LogP contribution in [-0.4, -0.2) is 0 Å². The molecule has 0 aliphatic carbocycles. The van der Waals surface area contributed by atoms with Crippen molar-refractivity contribution in [3.63, 3.8) is 0 Å². The lowest BCUT2D eigenvalue weighted by molar-refractivity contribution is 0.516. The number of hydrogen-bond donors (Lipinski definition) is 0. The van der Waals surface area contributed by atoms with Crippen molar-refractivity contribution in [2.24, 2.45) is 5.92 Å². The molecular formula is C23H42. The molecule has 0 rings (SSSR count). The van der Waals surface area contributed by atoms with E-state index in [4.69, 9.17) is 0 Å². The van der Waals surface area contributed by atoms with Gasteiger partial charge in [0.25, 0.3) is 0 Å². The summed E-state index contributed by atoms with van der Waals surface area (Å²) in [5.74, 6) is 0.877. The van der Waals surface area contributed by atoms with E-state index in [1.54, 1.807) is 0 Å². The number of unbranched alkanes of at least 4 members (excludes halogenated alkanes) is 8. The summed E-state index contributed by atoms with van der Waals surface area (Å²) in [7, 11) is 0. The highest BCUT2D eigenvalue weighted by atomic mass is 14.0. The summed E-state index contributed by atoms with van der Waals surface area (Å²) in [6, 6.07) is 0. The van der Waals surface area contributed by atoms with E-state index in [0.29, 0.717) is 0 Å². The van der Waals surface area contributed by atoms with Crippen molar-refractivity contribution in [3.8, 4) is 0 Å². The van der Waals surface area contributed by atoms with E-state index < -0.39 is 0 Å². The minimum absolute atomic E-state index is 0.877. The van der Waals surface area contributed by atoms with Crippen LogP contribution in [0.2, 0.25) is 0 Å². The van der Waals surface area contributed by atoms with Gasteiger partial charge in [-0.2, -0.15) is 0 Å². The monoisotopic (exact) mass is 318 g/mol.